The van der Waals surface area contributed by atoms with E-state index in [0.29, 0.717) is 5.92 Å². The van der Waals surface area contributed by atoms with E-state index in [1.165, 1.54) is 12.1 Å². The van der Waals surface area contributed by atoms with Crippen molar-refractivity contribution in [1.29, 1.82) is 0 Å². The standard InChI is InChI=1S/C12H21N3O/c1-10-7-11(2)15(14-10)5-4-13-8-12-3-6-16-9-12/h7,12-13H,3-6,8-9H2,1-2H3. The minimum absolute atomic E-state index is 0.709. The SMILES string of the molecule is Cc1cc(C)n(CCNCC2CCOC2)n1. The highest BCUT2D eigenvalue weighted by atomic mass is 16.5. The summed E-state index contributed by atoms with van der Waals surface area (Å²) in [6.45, 7) is 9.00. The van der Waals surface area contributed by atoms with E-state index < -0.39 is 0 Å². The van der Waals surface area contributed by atoms with Gasteiger partial charge in [-0.3, -0.25) is 4.68 Å². The third kappa shape index (κ3) is 3.06. The van der Waals surface area contributed by atoms with Gasteiger partial charge in [-0.2, -0.15) is 5.10 Å². The Balaban J connectivity index is 1.65. The first kappa shape index (κ1) is 11.6. The summed E-state index contributed by atoms with van der Waals surface area (Å²) in [6, 6.07) is 2.12. The minimum atomic E-state index is 0.709. The van der Waals surface area contributed by atoms with Crippen molar-refractivity contribution < 1.29 is 4.74 Å². The zero-order valence-electron chi connectivity index (χ0n) is 10.2. The maximum Gasteiger partial charge on any atom is 0.0596 e. The molecule has 90 valence electrons. The molecule has 0 bridgehead atoms. The number of hydrogen-bond donors (Lipinski definition) is 1. The van der Waals surface area contributed by atoms with E-state index in [1.807, 2.05) is 6.92 Å². The normalized spacial score (nSPS) is 20.5. The molecule has 4 heteroatoms. The maximum atomic E-state index is 5.34. The lowest BCUT2D eigenvalue weighted by atomic mass is 10.1. The molecule has 1 aromatic rings. The Morgan fingerprint density at radius 1 is 1.56 bits per heavy atom. The van der Waals surface area contributed by atoms with Gasteiger partial charge in [-0.15, -0.1) is 0 Å². The van der Waals surface area contributed by atoms with Crippen LogP contribution in [0, 0.1) is 19.8 Å². The molecule has 1 aliphatic heterocycles. The fourth-order valence-electron chi connectivity index (χ4n) is 2.14. The zero-order chi connectivity index (χ0) is 11.4. The highest BCUT2D eigenvalue weighted by Crippen LogP contribution is 2.10. The Hall–Kier alpha value is -0.870. The van der Waals surface area contributed by atoms with Gasteiger partial charge >= 0.3 is 0 Å². The van der Waals surface area contributed by atoms with Crippen LogP contribution >= 0.6 is 0 Å². The summed E-state index contributed by atoms with van der Waals surface area (Å²) in [6.07, 6.45) is 1.20. The lowest BCUT2D eigenvalue weighted by Gasteiger charge is -2.10. The molecule has 1 saturated heterocycles. The van der Waals surface area contributed by atoms with Gasteiger partial charge in [-0.05, 0) is 32.3 Å². The number of rotatable bonds is 5. The molecular weight excluding hydrogens is 202 g/mol. The van der Waals surface area contributed by atoms with Gasteiger partial charge in [0, 0.05) is 25.4 Å². The van der Waals surface area contributed by atoms with Crippen LogP contribution < -0.4 is 5.32 Å². The maximum absolute atomic E-state index is 5.34. The smallest absolute Gasteiger partial charge is 0.0596 e. The highest BCUT2D eigenvalue weighted by Gasteiger charge is 2.14. The van der Waals surface area contributed by atoms with Gasteiger partial charge in [0.05, 0.1) is 18.8 Å². The molecule has 4 nitrogen and oxygen atoms in total. The van der Waals surface area contributed by atoms with Crippen molar-refractivity contribution in [3.8, 4) is 0 Å². The van der Waals surface area contributed by atoms with Crippen LogP contribution in [-0.2, 0) is 11.3 Å². The van der Waals surface area contributed by atoms with Crippen molar-refractivity contribution in [1.82, 2.24) is 15.1 Å². The van der Waals surface area contributed by atoms with Crippen LogP contribution in [0.1, 0.15) is 17.8 Å². The molecule has 0 radical (unpaired) electrons. The molecule has 2 rings (SSSR count). The fraction of sp³-hybridized carbons (Fsp3) is 0.750. The molecule has 16 heavy (non-hydrogen) atoms. The van der Waals surface area contributed by atoms with Crippen molar-refractivity contribution in [3.63, 3.8) is 0 Å². The van der Waals surface area contributed by atoms with Crippen LogP contribution in [0.2, 0.25) is 0 Å². The van der Waals surface area contributed by atoms with Gasteiger partial charge in [0.2, 0.25) is 0 Å². The number of hydrogen-bond acceptors (Lipinski definition) is 3. The molecule has 0 spiro atoms. The predicted octanol–water partition coefficient (Wildman–Crippen LogP) is 1.13. The topological polar surface area (TPSA) is 39.1 Å². The van der Waals surface area contributed by atoms with Crippen LogP contribution in [0.15, 0.2) is 6.07 Å². The molecule has 0 saturated carbocycles. The lowest BCUT2D eigenvalue weighted by Crippen LogP contribution is -2.27. The van der Waals surface area contributed by atoms with Crippen molar-refractivity contribution in [2.45, 2.75) is 26.8 Å². The Morgan fingerprint density at radius 2 is 2.44 bits per heavy atom. The van der Waals surface area contributed by atoms with Gasteiger partial charge < -0.3 is 10.1 Å². The van der Waals surface area contributed by atoms with Gasteiger partial charge in [0.1, 0.15) is 0 Å². The predicted molar refractivity (Wildman–Crippen MR) is 63.5 cm³/mol. The third-order valence-electron chi connectivity index (χ3n) is 3.06. The molecule has 0 aromatic carbocycles. The average Bonchev–Trinajstić information content (AvgIpc) is 2.84. The van der Waals surface area contributed by atoms with Crippen molar-refractivity contribution in [2.75, 3.05) is 26.3 Å². The molecule has 1 atom stereocenters. The molecule has 2 heterocycles. The summed E-state index contributed by atoms with van der Waals surface area (Å²) in [4.78, 5) is 0. The van der Waals surface area contributed by atoms with Crippen LogP contribution in [0.3, 0.4) is 0 Å². The Kier molecular flexibility index (Phi) is 3.96. The van der Waals surface area contributed by atoms with E-state index in [-0.39, 0.29) is 0 Å². The molecule has 1 aliphatic rings. The molecule has 0 aliphatic carbocycles. The van der Waals surface area contributed by atoms with Gasteiger partial charge in [-0.25, -0.2) is 0 Å². The van der Waals surface area contributed by atoms with Gasteiger partial charge in [-0.1, -0.05) is 0 Å². The summed E-state index contributed by atoms with van der Waals surface area (Å²) in [7, 11) is 0. The Bertz CT molecular complexity index is 329. The number of aryl methyl sites for hydroxylation is 2. The van der Waals surface area contributed by atoms with E-state index in [1.54, 1.807) is 0 Å². The number of aromatic nitrogens is 2. The van der Waals surface area contributed by atoms with Crippen molar-refractivity contribution in [2.24, 2.45) is 5.92 Å². The number of ether oxygens (including phenoxy) is 1. The van der Waals surface area contributed by atoms with Crippen LogP contribution in [-0.4, -0.2) is 36.1 Å². The zero-order valence-corrected chi connectivity index (χ0v) is 10.2. The van der Waals surface area contributed by atoms with Gasteiger partial charge in [0.15, 0.2) is 0 Å². The third-order valence-corrected chi connectivity index (χ3v) is 3.06. The van der Waals surface area contributed by atoms with E-state index >= 15 is 0 Å². The molecular formula is C12H21N3O. The number of nitrogens with one attached hydrogen (secondary N) is 1. The second kappa shape index (κ2) is 5.46. The fourth-order valence-corrected chi connectivity index (χ4v) is 2.14. The summed E-state index contributed by atoms with van der Waals surface area (Å²) in [5.74, 6) is 0.709. The van der Waals surface area contributed by atoms with Crippen LogP contribution in [0.5, 0.6) is 0 Å². The molecule has 1 unspecified atom stereocenters. The first-order valence-corrected chi connectivity index (χ1v) is 6.05. The molecule has 1 N–H and O–H groups in total. The summed E-state index contributed by atoms with van der Waals surface area (Å²) >= 11 is 0. The van der Waals surface area contributed by atoms with E-state index in [9.17, 15) is 0 Å². The van der Waals surface area contributed by atoms with Crippen LogP contribution in [0.4, 0.5) is 0 Å². The average molecular weight is 223 g/mol. The molecule has 1 aromatic heterocycles. The second-order valence-electron chi connectivity index (χ2n) is 4.58. The first-order valence-electron chi connectivity index (χ1n) is 6.05. The molecule has 0 amide bonds. The van der Waals surface area contributed by atoms with Gasteiger partial charge in [0.25, 0.3) is 0 Å². The monoisotopic (exact) mass is 223 g/mol. The minimum Gasteiger partial charge on any atom is -0.381 e. The largest absolute Gasteiger partial charge is 0.381 e. The van der Waals surface area contributed by atoms with E-state index in [0.717, 1.165) is 38.5 Å². The number of nitrogens with zero attached hydrogens (tertiary/aromatic N) is 2. The molecule has 1 fully saturated rings. The summed E-state index contributed by atoms with van der Waals surface area (Å²) in [5, 5.41) is 7.90. The van der Waals surface area contributed by atoms with E-state index in [2.05, 4.69) is 28.1 Å². The second-order valence-corrected chi connectivity index (χ2v) is 4.58. The Morgan fingerprint density at radius 3 is 3.06 bits per heavy atom. The highest BCUT2D eigenvalue weighted by molar-refractivity contribution is 5.06. The van der Waals surface area contributed by atoms with E-state index in [4.69, 9.17) is 4.74 Å². The lowest BCUT2D eigenvalue weighted by molar-refractivity contribution is 0.185. The Labute approximate surface area is 97.0 Å². The van der Waals surface area contributed by atoms with Crippen LogP contribution in [0.25, 0.3) is 0 Å². The first-order chi connectivity index (χ1) is 7.75. The summed E-state index contributed by atoms with van der Waals surface area (Å²) in [5.41, 5.74) is 2.34. The quantitative estimate of drug-likeness (QED) is 0.760. The van der Waals surface area contributed by atoms with Crippen molar-refractivity contribution in [3.05, 3.63) is 17.5 Å². The summed E-state index contributed by atoms with van der Waals surface area (Å²) < 4.78 is 7.40. The van der Waals surface area contributed by atoms with Crippen molar-refractivity contribution >= 4 is 0 Å².